The second kappa shape index (κ2) is 6.35. The van der Waals surface area contributed by atoms with Crippen molar-refractivity contribution in [3.8, 4) is 0 Å². The Bertz CT molecular complexity index is 790. The second-order valence-corrected chi connectivity index (χ2v) is 8.75. The molecule has 112 valence electrons. The van der Waals surface area contributed by atoms with Crippen LogP contribution in [-0.2, 0) is 10.0 Å². The molecule has 0 aliphatic heterocycles. The maximum absolute atomic E-state index is 12.0. The number of hydrogen-bond acceptors (Lipinski definition) is 4. The number of nitrogens with one attached hydrogen (secondary N) is 2. The van der Waals surface area contributed by atoms with Crippen LogP contribution in [-0.4, -0.2) is 20.6 Å². The van der Waals surface area contributed by atoms with E-state index in [1.807, 2.05) is 0 Å². The Labute approximate surface area is 139 Å². The molecule has 2 aromatic rings. The molecule has 1 amide bonds. The summed E-state index contributed by atoms with van der Waals surface area (Å²) in [7, 11) is -3.40. The van der Waals surface area contributed by atoms with Crippen LogP contribution in [0.25, 0.3) is 0 Å². The minimum atomic E-state index is -3.40. The molecule has 1 heterocycles. The van der Waals surface area contributed by atoms with Gasteiger partial charge in [-0.3, -0.25) is 9.52 Å². The maximum Gasteiger partial charge on any atom is 0.265 e. The van der Waals surface area contributed by atoms with Crippen LogP contribution in [0.3, 0.4) is 0 Å². The fourth-order valence-corrected chi connectivity index (χ4v) is 3.65. The van der Waals surface area contributed by atoms with Crippen LogP contribution in [0.15, 0.2) is 34.1 Å². The van der Waals surface area contributed by atoms with Gasteiger partial charge >= 0.3 is 0 Å². The number of benzene rings is 1. The van der Waals surface area contributed by atoms with Gasteiger partial charge in [0.25, 0.3) is 5.91 Å². The van der Waals surface area contributed by atoms with Gasteiger partial charge in [-0.25, -0.2) is 8.42 Å². The summed E-state index contributed by atoms with van der Waals surface area (Å²) in [5.41, 5.74) is 0.740. The van der Waals surface area contributed by atoms with Crippen LogP contribution in [0, 0.1) is 0 Å². The van der Waals surface area contributed by atoms with Gasteiger partial charge in [0.05, 0.1) is 25.6 Å². The number of anilines is 2. The summed E-state index contributed by atoms with van der Waals surface area (Å²) in [6, 6.07) is 8.02. The van der Waals surface area contributed by atoms with Gasteiger partial charge in [0.15, 0.2) is 0 Å². The monoisotopic (exact) mass is 408 g/mol. The van der Waals surface area contributed by atoms with E-state index in [9.17, 15) is 13.2 Å². The standard InChI is InChI=1S/C12H10BrClN2O3S2/c1-21(18,19)16-9-3-2-7(6-8(9)14)15-12(17)10-4-5-11(13)20-10/h2-6,16H,1H3,(H,15,17). The van der Waals surface area contributed by atoms with Gasteiger partial charge in [-0.05, 0) is 46.3 Å². The highest BCUT2D eigenvalue weighted by Crippen LogP contribution is 2.27. The van der Waals surface area contributed by atoms with E-state index in [1.165, 1.54) is 23.5 Å². The molecule has 21 heavy (non-hydrogen) atoms. The third kappa shape index (κ3) is 4.70. The molecule has 0 unspecified atom stereocenters. The second-order valence-electron chi connectivity index (χ2n) is 4.13. The van der Waals surface area contributed by atoms with E-state index in [2.05, 4.69) is 26.0 Å². The van der Waals surface area contributed by atoms with Crippen LogP contribution in [0.5, 0.6) is 0 Å². The Balaban J connectivity index is 2.15. The van der Waals surface area contributed by atoms with E-state index in [0.29, 0.717) is 10.6 Å². The maximum atomic E-state index is 12.0. The van der Waals surface area contributed by atoms with E-state index in [-0.39, 0.29) is 16.6 Å². The summed E-state index contributed by atoms with van der Waals surface area (Å²) in [6.45, 7) is 0. The largest absolute Gasteiger partial charge is 0.321 e. The van der Waals surface area contributed by atoms with Crippen LogP contribution < -0.4 is 10.0 Å². The lowest BCUT2D eigenvalue weighted by atomic mass is 10.3. The first-order valence-electron chi connectivity index (χ1n) is 5.58. The van der Waals surface area contributed by atoms with E-state index in [1.54, 1.807) is 18.2 Å². The van der Waals surface area contributed by atoms with Gasteiger partial charge in [0.1, 0.15) is 0 Å². The molecule has 2 N–H and O–H groups in total. The predicted molar refractivity (Wildman–Crippen MR) is 89.9 cm³/mol. The summed E-state index contributed by atoms with van der Waals surface area (Å²) in [4.78, 5) is 12.5. The van der Waals surface area contributed by atoms with E-state index in [4.69, 9.17) is 11.6 Å². The van der Waals surface area contributed by atoms with Crippen LogP contribution in [0.1, 0.15) is 9.67 Å². The molecule has 1 aromatic heterocycles. The normalized spacial score (nSPS) is 11.2. The number of amides is 1. The fraction of sp³-hybridized carbons (Fsp3) is 0.0833. The third-order valence-electron chi connectivity index (χ3n) is 2.32. The molecular formula is C12H10BrClN2O3S2. The SMILES string of the molecule is CS(=O)(=O)Nc1ccc(NC(=O)c2ccc(Br)s2)cc1Cl. The lowest BCUT2D eigenvalue weighted by Crippen LogP contribution is -2.12. The molecule has 0 radical (unpaired) electrons. The van der Waals surface area contributed by atoms with Crippen LogP contribution in [0.4, 0.5) is 11.4 Å². The van der Waals surface area contributed by atoms with Crippen molar-refractivity contribution in [3.05, 3.63) is 44.0 Å². The predicted octanol–water partition coefficient (Wildman–Crippen LogP) is 3.79. The van der Waals surface area contributed by atoms with Crippen molar-refractivity contribution in [1.29, 1.82) is 0 Å². The Morgan fingerprint density at radius 3 is 2.52 bits per heavy atom. The number of hydrogen-bond donors (Lipinski definition) is 2. The lowest BCUT2D eigenvalue weighted by Gasteiger charge is -2.09. The number of thiophene rings is 1. The summed E-state index contributed by atoms with van der Waals surface area (Å²) >= 11 is 10.6. The highest BCUT2D eigenvalue weighted by Gasteiger charge is 2.11. The van der Waals surface area contributed by atoms with Gasteiger partial charge in [-0.15, -0.1) is 11.3 Å². The Morgan fingerprint density at radius 2 is 2.00 bits per heavy atom. The van der Waals surface area contributed by atoms with Crippen molar-refractivity contribution in [1.82, 2.24) is 0 Å². The molecule has 0 atom stereocenters. The first-order chi connectivity index (χ1) is 9.74. The summed E-state index contributed by atoms with van der Waals surface area (Å²) in [5.74, 6) is -0.259. The Kier molecular flexibility index (Phi) is 4.92. The van der Waals surface area contributed by atoms with Gasteiger partial charge in [-0.1, -0.05) is 11.6 Å². The zero-order valence-electron chi connectivity index (χ0n) is 10.7. The molecule has 0 aliphatic rings. The molecule has 0 saturated carbocycles. The highest BCUT2D eigenvalue weighted by molar-refractivity contribution is 9.11. The van der Waals surface area contributed by atoms with E-state index >= 15 is 0 Å². The van der Waals surface area contributed by atoms with Gasteiger partial charge < -0.3 is 5.32 Å². The summed E-state index contributed by atoms with van der Waals surface area (Å²) < 4.78 is 25.5. The Hall–Kier alpha value is -1.09. The molecule has 1 aromatic carbocycles. The average Bonchev–Trinajstić information content (AvgIpc) is 2.78. The van der Waals surface area contributed by atoms with Crippen molar-refractivity contribution in [3.63, 3.8) is 0 Å². The lowest BCUT2D eigenvalue weighted by molar-refractivity contribution is 0.103. The summed E-state index contributed by atoms with van der Waals surface area (Å²) in [5, 5.41) is 2.89. The number of carbonyl (C=O) groups excluding carboxylic acids is 1. The molecule has 0 aliphatic carbocycles. The van der Waals surface area contributed by atoms with Gasteiger partial charge in [-0.2, -0.15) is 0 Å². The van der Waals surface area contributed by atoms with Crippen molar-refractivity contribution < 1.29 is 13.2 Å². The molecule has 0 spiro atoms. The van der Waals surface area contributed by atoms with E-state index < -0.39 is 10.0 Å². The molecule has 9 heteroatoms. The third-order valence-corrected chi connectivity index (χ3v) is 4.85. The number of sulfonamides is 1. The number of halogens is 2. The number of rotatable bonds is 4. The van der Waals surface area contributed by atoms with Crippen molar-refractivity contribution in [2.75, 3.05) is 16.3 Å². The Morgan fingerprint density at radius 1 is 1.29 bits per heavy atom. The first-order valence-corrected chi connectivity index (χ1v) is 9.46. The molecule has 0 saturated heterocycles. The highest BCUT2D eigenvalue weighted by atomic mass is 79.9. The molecule has 0 fully saturated rings. The van der Waals surface area contributed by atoms with Crippen molar-refractivity contribution in [2.45, 2.75) is 0 Å². The van der Waals surface area contributed by atoms with Crippen molar-refractivity contribution >= 4 is 66.2 Å². The van der Waals surface area contributed by atoms with Gasteiger partial charge in [0.2, 0.25) is 10.0 Å². The molecule has 5 nitrogen and oxygen atoms in total. The van der Waals surface area contributed by atoms with Crippen molar-refractivity contribution in [2.24, 2.45) is 0 Å². The van der Waals surface area contributed by atoms with Crippen LogP contribution >= 0.6 is 38.9 Å². The molecule has 0 bridgehead atoms. The van der Waals surface area contributed by atoms with Gasteiger partial charge in [0, 0.05) is 5.69 Å². The average molecular weight is 410 g/mol. The fourth-order valence-electron chi connectivity index (χ4n) is 1.50. The van der Waals surface area contributed by atoms with E-state index in [0.717, 1.165) is 10.0 Å². The zero-order chi connectivity index (χ0) is 15.6. The summed E-state index contributed by atoms with van der Waals surface area (Å²) in [6.07, 6.45) is 1.04. The van der Waals surface area contributed by atoms with Crippen LogP contribution in [0.2, 0.25) is 5.02 Å². The number of carbonyl (C=O) groups is 1. The zero-order valence-corrected chi connectivity index (χ0v) is 14.7. The topological polar surface area (TPSA) is 75.3 Å². The first kappa shape index (κ1) is 16.3. The molecule has 2 rings (SSSR count). The smallest absolute Gasteiger partial charge is 0.265 e. The molecular weight excluding hydrogens is 400 g/mol. The minimum absolute atomic E-state index is 0.200. The minimum Gasteiger partial charge on any atom is -0.321 e. The quantitative estimate of drug-likeness (QED) is 0.807.